The summed E-state index contributed by atoms with van der Waals surface area (Å²) in [5.41, 5.74) is 6.80. The van der Waals surface area contributed by atoms with Crippen LogP contribution in [0, 0.1) is 5.92 Å². The number of halogens is 2. The number of benzene rings is 1. The first-order valence-electron chi connectivity index (χ1n) is 7.49. The van der Waals surface area contributed by atoms with Crippen molar-refractivity contribution in [3.8, 4) is 5.75 Å². The Labute approximate surface area is 150 Å². The molecule has 0 radical (unpaired) electrons. The summed E-state index contributed by atoms with van der Waals surface area (Å²) in [6.45, 7) is 4.55. The largest absolute Gasteiger partial charge is 0.497 e. The molecule has 1 aromatic rings. The highest BCUT2D eigenvalue weighted by Crippen LogP contribution is 2.26. The predicted molar refractivity (Wildman–Crippen MR) is 99.1 cm³/mol. The zero-order valence-corrected chi connectivity index (χ0v) is 15.3. The smallest absolute Gasteiger partial charge is 0.221 e. The molecular weight excluding hydrogens is 337 g/mol. The van der Waals surface area contributed by atoms with Crippen molar-refractivity contribution in [3.63, 3.8) is 0 Å². The van der Waals surface area contributed by atoms with E-state index in [-0.39, 0.29) is 36.8 Å². The number of hydrogen-bond donors (Lipinski definition) is 2. The summed E-state index contributed by atoms with van der Waals surface area (Å²) >= 11 is 0. The number of ether oxygens (including phenoxy) is 1. The zero-order valence-electron chi connectivity index (χ0n) is 13.7. The van der Waals surface area contributed by atoms with Crippen molar-refractivity contribution in [2.75, 3.05) is 31.6 Å². The number of nitrogens with zero attached hydrogens (tertiary/aromatic N) is 1. The minimum absolute atomic E-state index is 0. The van der Waals surface area contributed by atoms with E-state index in [1.165, 1.54) is 5.69 Å². The standard InChI is InChI=1S/C16H25N3O2.2ClH/c1-12(17)8-16(20)18-10-13-6-7-19(11-13)14-4-3-5-15(9-14)21-2;;/h3-5,9,12-13H,6-8,10-11,17H2,1-2H3,(H,18,20);2*1H. The van der Waals surface area contributed by atoms with Crippen LogP contribution in [-0.4, -0.2) is 38.7 Å². The summed E-state index contributed by atoms with van der Waals surface area (Å²) < 4.78 is 5.26. The first-order chi connectivity index (χ1) is 10.1. The van der Waals surface area contributed by atoms with Crippen molar-refractivity contribution in [2.45, 2.75) is 25.8 Å². The van der Waals surface area contributed by atoms with Crippen molar-refractivity contribution in [2.24, 2.45) is 11.7 Å². The highest BCUT2D eigenvalue weighted by molar-refractivity contribution is 5.85. The second-order valence-corrected chi connectivity index (χ2v) is 5.79. The summed E-state index contributed by atoms with van der Waals surface area (Å²) in [6, 6.07) is 8.02. The number of hydrogen-bond acceptors (Lipinski definition) is 4. The fraction of sp³-hybridized carbons (Fsp3) is 0.562. The third-order valence-corrected chi connectivity index (χ3v) is 3.80. The van der Waals surface area contributed by atoms with Gasteiger partial charge in [0.15, 0.2) is 0 Å². The number of nitrogens with one attached hydrogen (secondary N) is 1. The van der Waals surface area contributed by atoms with Crippen molar-refractivity contribution in [1.82, 2.24) is 5.32 Å². The van der Waals surface area contributed by atoms with Crippen LogP contribution in [-0.2, 0) is 4.79 Å². The van der Waals surface area contributed by atoms with E-state index in [1.807, 2.05) is 19.1 Å². The number of rotatable bonds is 6. The maximum absolute atomic E-state index is 11.6. The highest BCUT2D eigenvalue weighted by Gasteiger charge is 2.23. The lowest BCUT2D eigenvalue weighted by atomic mass is 10.1. The van der Waals surface area contributed by atoms with E-state index in [4.69, 9.17) is 10.5 Å². The normalized spacial score (nSPS) is 17.7. The summed E-state index contributed by atoms with van der Waals surface area (Å²) in [4.78, 5) is 14.0. The van der Waals surface area contributed by atoms with Crippen LogP contribution in [0.3, 0.4) is 0 Å². The van der Waals surface area contributed by atoms with E-state index in [0.29, 0.717) is 12.3 Å². The van der Waals surface area contributed by atoms with E-state index < -0.39 is 0 Å². The van der Waals surface area contributed by atoms with Gasteiger partial charge in [-0.05, 0) is 31.4 Å². The lowest BCUT2D eigenvalue weighted by molar-refractivity contribution is -0.121. The van der Waals surface area contributed by atoms with E-state index in [9.17, 15) is 4.79 Å². The molecule has 5 nitrogen and oxygen atoms in total. The summed E-state index contributed by atoms with van der Waals surface area (Å²) in [7, 11) is 1.68. The van der Waals surface area contributed by atoms with Crippen LogP contribution < -0.4 is 20.7 Å². The molecule has 1 fully saturated rings. The average molecular weight is 364 g/mol. The Morgan fingerprint density at radius 1 is 1.48 bits per heavy atom. The summed E-state index contributed by atoms with van der Waals surface area (Å²) in [5.74, 6) is 1.42. The lowest BCUT2D eigenvalue weighted by Crippen LogP contribution is -2.34. The molecule has 1 aliphatic rings. The summed E-state index contributed by atoms with van der Waals surface area (Å²) in [5, 5.41) is 2.98. The topological polar surface area (TPSA) is 67.6 Å². The van der Waals surface area contributed by atoms with E-state index in [1.54, 1.807) is 7.11 Å². The van der Waals surface area contributed by atoms with Gasteiger partial charge in [-0.1, -0.05) is 6.07 Å². The van der Waals surface area contributed by atoms with Gasteiger partial charge in [-0.2, -0.15) is 0 Å². The number of amides is 1. The molecule has 7 heteroatoms. The van der Waals surface area contributed by atoms with E-state index in [0.717, 1.165) is 31.8 Å². The van der Waals surface area contributed by atoms with Gasteiger partial charge in [0.25, 0.3) is 0 Å². The molecule has 0 bridgehead atoms. The van der Waals surface area contributed by atoms with Gasteiger partial charge in [-0.25, -0.2) is 0 Å². The van der Waals surface area contributed by atoms with Crippen molar-refractivity contribution in [3.05, 3.63) is 24.3 Å². The number of nitrogens with two attached hydrogens (primary N) is 1. The molecule has 0 aromatic heterocycles. The Hall–Kier alpha value is -1.17. The van der Waals surface area contributed by atoms with Crippen LogP contribution >= 0.6 is 24.8 Å². The van der Waals surface area contributed by atoms with Gasteiger partial charge in [-0.15, -0.1) is 24.8 Å². The van der Waals surface area contributed by atoms with Gasteiger partial charge in [0, 0.05) is 43.9 Å². The fourth-order valence-corrected chi connectivity index (χ4v) is 2.66. The predicted octanol–water partition coefficient (Wildman–Crippen LogP) is 2.22. The van der Waals surface area contributed by atoms with Crippen LogP contribution in [0.1, 0.15) is 19.8 Å². The third-order valence-electron chi connectivity index (χ3n) is 3.80. The van der Waals surface area contributed by atoms with E-state index in [2.05, 4.69) is 22.3 Å². The molecule has 1 aliphatic heterocycles. The van der Waals surface area contributed by atoms with Crippen LogP contribution in [0.4, 0.5) is 5.69 Å². The van der Waals surface area contributed by atoms with Gasteiger partial charge in [0.2, 0.25) is 5.91 Å². The van der Waals surface area contributed by atoms with Crippen molar-refractivity contribution >= 4 is 36.4 Å². The van der Waals surface area contributed by atoms with Crippen LogP contribution in [0.15, 0.2) is 24.3 Å². The minimum atomic E-state index is -0.0816. The third kappa shape index (κ3) is 6.85. The minimum Gasteiger partial charge on any atom is -0.497 e. The molecule has 3 N–H and O–H groups in total. The molecule has 2 rings (SSSR count). The maximum Gasteiger partial charge on any atom is 0.221 e. The zero-order chi connectivity index (χ0) is 15.2. The number of methoxy groups -OCH3 is 1. The fourth-order valence-electron chi connectivity index (χ4n) is 2.66. The Morgan fingerprint density at radius 3 is 2.87 bits per heavy atom. The van der Waals surface area contributed by atoms with E-state index >= 15 is 0 Å². The molecule has 23 heavy (non-hydrogen) atoms. The molecular formula is C16H27Cl2N3O2. The van der Waals surface area contributed by atoms with Gasteiger partial charge in [-0.3, -0.25) is 4.79 Å². The molecule has 0 spiro atoms. The Kier molecular flexibility index (Phi) is 10.0. The quantitative estimate of drug-likeness (QED) is 0.812. The van der Waals surface area contributed by atoms with Gasteiger partial charge in [0.05, 0.1) is 7.11 Å². The van der Waals surface area contributed by atoms with Crippen LogP contribution in [0.2, 0.25) is 0 Å². The van der Waals surface area contributed by atoms with Crippen molar-refractivity contribution in [1.29, 1.82) is 0 Å². The maximum atomic E-state index is 11.6. The van der Waals surface area contributed by atoms with Gasteiger partial charge in [0.1, 0.15) is 5.75 Å². The lowest BCUT2D eigenvalue weighted by Gasteiger charge is -2.19. The highest BCUT2D eigenvalue weighted by atomic mass is 35.5. The number of carbonyl (C=O) groups excluding carboxylic acids is 1. The molecule has 1 heterocycles. The average Bonchev–Trinajstić information content (AvgIpc) is 2.93. The van der Waals surface area contributed by atoms with Gasteiger partial charge < -0.3 is 20.7 Å². The first-order valence-corrected chi connectivity index (χ1v) is 7.49. The summed E-state index contributed by atoms with van der Waals surface area (Å²) in [6.07, 6.45) is 1.49. The molecule has 1 saturated heterocycles. The second-order valence-electron chi connectivity index (χ2n) is 5.79. The SMILES string of the molecule is COc1cccc(N2CCC(CNC(=O)CC(C)N)C2)c1.Cl.Cl. The molecule has 132 valence electrons. The monoisotopic (exact) mass is 363 g/mol. The van der Waals surface area contributed by atoms with Crippen LogP contribution in [0.25, 0.3) is 0 Å². The molecule has 0 saturated carbocycles. The molecule has 2 unspecified atom stereocenters. The molecule has 0 aliphatic carbocycles. The van der Waals surface area contributed by atoms with Crippen molar-refractivity contribution < 1.29 is 9.53 Å². The van der Waals surface area contributed by atoms with Crippen LogP contribution in [0.5, 0.6) is 5.75 Å². The first kappa shape index (κ1) is 21.8. The Morgan fingerprint density at radius 2 is 2.22 bits per heavy atom. The number of carbonyl (C=O) groups is 1. The molecule has 1 aromatic carbocycles. The second kappa shape index (κ2) is 10.6. The molecule has 1 amide bonds. The Bertz CT molecular complexity index is 486. The molecule has 2 atom stereocenters. The van der Waals surface area contributed by atoms with Gasteiger partial charge >= 0.3 is 0 Å². The number of anilines is 1. The Balaban J connectivity index is 0.00000242.